The quantitative estimate of drug-likeness (QED) is 0.483. The molecule has 6 nitrogen and oxygen atoms in total. The lowest BCUT2D eigenvalue weighted by Gasteiger charge is -1.91. The number of rotatable bonds is 2. The molecule has 0 radical (unpaired) electrons. The Morgan fingerprint density at radius 2 is 2.25 bits per heavy atom. The van der Waals surface area contributed by atoms with Gasteiger partial charge in [0.05, 0.1) is 12.0 Å². The Hall–Kier alpha value is -1.59. The standard InChI is InChI=1S/C6H9N3O3/c1-4-5(9(10)11)6(12-3)7-8(4)2/h1-3H3. The van der Waals surface area contributed by atoms with Crippen LogP contribution in [0.5, 0.6) is 5.88 Å². The first-order chi connectivity index (χ1) is 5.57. The van der Waals surface area contributed by atoms with Gasteiger partial charge in [-0.25, -0.2) is 0 Å². The first-order valence-electron chi connectivity index (χ1n) is 3.30. The molecule has 0 saturated heterocycles. The van der Waals surface area contributed by atoms with Crippen LogP contribution in [0.25, 0.3) is 0 Å². The van der Waals surface area contributed by atoms with Crippen LogP contribution in [0.15, 0.2) is 0 Å². The van der Waals surface area contributed by atoms with E-state index < -0.39 is 4.92 Å². The van der Waals surface area contributed by atoms with Crippen LogP contribution in [0.1, 0.15) is 5.69 Å². The van der Waals surface area contributed by atoms with E-state index in [0.29, 0.717) is 5.69 Å². The molecule has 1 heterocycles. The van der Waals surface area contributed by atoms with Crippen molar-refractivity contribution in [3.63, 3.8) is 0 Å². The van der Waals surface area contributed by atoms with Crippen LogP contribution >= 0.6 is 0 Å². The molecule has 66 valence electrons. The highest BCUT2D eigenvalue weighted by Gasteiger charge is 2.24. The molecule has 1 rings (SSSR count). The van der Waals surface area contributed by atoms with Gasteiger partial charge < -0.3 is 4.74 Å². The molecule has 1 aromatic rings. The topological polar surface area (TPSA) is 70.2 Å². The van der Waals surface area contributed by atoms with Crippen molar-refractivity contribution < 1.29 is 9.66 Å². The lowest BCUT2D eigenvalue weighted by atomic mass is 10.4. The number of hydrogen-bond donors (Lipinski definition) is 0. The van der Waals surface area contributed by atoms with Crippen LogP contribution in [0.3, 0.4) is 0 Å². The first kappa shape index (κ1) is 8.51. The van der Waals surface area contributed by atoms with Gasteiger partial charge in [0, 0.05) is 7.05 Å². The molecule has 0 bridgehead atoms. The molecule has 0 N–H and O–H groups in total. The predicted octanol–water partition coefficient (Wildman–Crippen LogP) is 0.645. The van der Waals surface area contributed by atoms with Crippen molar-refractivity contribution in [2.24, 2.45) is 7.05 Å². The SMILES string of the molecule is COc1nn(C)c(C)c1[N+](=O)[O-]. The number of aryl methyl sites for hydroxylation is 1. The smallest absolute Gasteiger partial charge is 0.352 e. The number of nitro groups is 1. The number of hydrogen-bond acceptors (Lipinski definition) is 4. The number of nitrogens with zero attached hydrogens (tertiary/aromatic N) is 3. The summed E-state index contributed by atoms with van der Waals surface area (Å²) in [4.78, 5) is 9.99. The Morgan fingerprint density at radius 1 is 1.67 bits per heavy atom. The molecule has 0 amide bonds. The highest BCUT2D eigenvalue weighted by Crippen LogP contribution is 2.28. The Balaban J connectivity index is 3.31. The van der Waals surface area contributed by atoms with Crippen LogP contribution in [0.4, 0.5) is 5.69 Å². The van der Waals surface area contributed by atoms with Gasteiger partial charge in [-0.15, -0.1) is 5.10 Å². The fourth-order valence-corrected chi connectivity index (χ4v) is 0.914. The van der Waals surface area contributed by atoms with E-state index in [0.717, 1.165) is 0 Å². The molecule has 0 spiro atoms. The van der Waals surface area contributed by atoms with Gasteiger partial charge >= 0.3 is 11.6 Å². The maximum atomic E-state index is 10.5. The third kappa shape index (κ3) is 1.11. The Kier molecular flexibility index (Phi) is 1.99. The second-order valence-corrected chi connectivity index (χ2v) is 2.32. The number of ether oxygens (including phenoxy) is 1. The van der Waals surface area contributed by atoms with E-state index in [2.05, 4.69) is 5.10 Å². The highest BCUT2D eigenvalue weighted by atomic mass is 16.6. The summed E-state index contributed by atoms with van der Waals surface area (Å²) in [6.07, 6.45) is 0. The summed E-state index contributed by atoms with van der Waals surface area (Å²) in [7, 11) is 2.99. The van der Waals surface area contributed by atoms with Crippen LogP contribution in [-0.4, -0.2) is 21.8 Å². The molecule has 0 unspecified atom stereocenters. The molecule has 0 atom stereocenters. The fraction of sp³-hybridized carbons (Fsp3) is 0.500. The summed E-state index contributed by atoms with van der Waals surface area (Å²) in [6.45, 7) is 1.62. The molecular formula is C6H9N3O3. The molecule has 0 saturated carbocycles. The molecule has 0 aliphatic rings. The van der Waals surface area contributed by atoms with E-state index in [9.17, 15) is 10.1 Å². The predicted molar refractivity (Wildman–Crippen MR) is 41.2 cm³/mol. The minimum absolute atomic E-state index is 0.0556. The van der Waals surface area contributed by atoms with Crippen LogP contribution in [-0.2, 0) is 7.05 Å². The van der Waals surface area contributed by atoms with Crippen LogP contribution in [0.2, 0.25) is 0 Å². The fourth-order valence-electron chi connectivity index (χ4n) is 0.914. The monoisotopic (exact) mass is 171 g/mol. The van der Waals surface area contributed by atoms with E-state index in [1.165, 1.54) is 11.8 Å². The highest BCUT2D eigenvalue weighted by molar-refractivity contribution is 5.45. The van der Waals surface area contributed by atoms with E-state index in [4.69, 9.17) is 4.74 Å². The summed E-state index contributed by atoms with van der Waals surface area (Å²) in [6, 6.07) is 0. The first-order valence-corrected chi connectivity index (χ1v) is 3.30. The maximum absolute atomic E-state index is 10.5. The van der Waals surface area contributed by atoms with Crippen molar-refractivity contribution in [1.29, 1.82) is 0 Å². The Bertz CT molecular complexity index is 318. The van der Waals surface area contributed by atoms with Crippen molar-refractivity contribution in [2.75, 3.05) is 7.11 Å². The normalized spacial score (nSPS) is 9.92. The molecular weight excluding hydrogens is 162 g/mol. The van der Waals surface area contributed by atoms with Gasteiger partial charge in [-0.3, -0.25) is 14.8 Å². The Morgan fingerprint density at radius 3 is 2.58 bits per heavy atom. The zero-order chi connectivity index (χ0) is 9.30. The molecule has 0 fully saturated rings. The van der Waals surface area contributed by atoms with E-state index in [1.54, 1.807) is 14.0 Å². The van der Waals surface area contributed by atoms with Gasteiger partial charge in [0.1, 0.15) is 5.69 Å². The summed E-state index contributed by atoms with van der Waals surface area (Å²) >= 11 is 0. The zero-order valence-corrected chi connectivity index (χ0v) is 7.07. The van der Waals surface area contributed by atoms with Crippen LogP contribution < -0.4 is 4.74 Å². The van der Waals surface area contributed by atoms with Gasteiger partial charge in [-0.2, -0.15) is 0 Å². The molecule has 12 heavy (non-hydrogen) atoms. The average molecular weight is 171 g/mol. The molecule has 0 aliphatic heterocycles. The molecule has 1 aromatic heterocycles. The third-order valence-electron chi connectivity index (χ3n) is 1.65. The summed E-state index contributed by atoms with van der Waals surface area (Å²) < 4.78 is 6.15. The van der Waals surface area contributed by atoms with Gasteiger partial charge in [-0.05, 0) is 6.92 Å². The third-order valence-corrected chi connectivity index (χ3v) is 1.65. The lowest BCUT2D eigenvalue weighted by Crippen LogP contribution is -1.94. The van der Waals surface area contributed by atoms with Crippen molar-refractivity contribution in [3.8, 4) is 5.88 Å². The van der Waals surface area contributed by atoms with Gasteiger partial charge in [0.15, 0.2) is 0 Å². The average Bonchev–Trinajstić information content (AvgIpc) is 2.28. The minimum atomic E-state index is -0.499. The van der Waals surface area contributed by atoms with Crippen molar-refractivity contribution in [2.45, 2.75) is 6.92 Å². The van der Waals surface area contributed by atoms with Gasteiger partial charge in [0.25, 0.3) is 0 Å². The lowest BCUT2D eigenvalue weighted by molar-refractivity contribution is -0.386. The Labute approximate surface area is 68.9 Å². The number of aromatic nitrogens is 2. The van der Waals surface area contributed by atoms with Gasteiger partial charge in [-0.1, -0.05) is 0 Å². The van der Waals surface area contributed by atoms with E-state index in [-0.39, 0.29) is 11.6 Å². The summed E-state index contributed by atoms with van der Waals surface area (Å²) in [5.41, 5.74) is 0.414. The van der Waals surface area contributed by atoms with Crippen molar-refractivity contribution in [3.05, 3.63) is 15.8 Å². The molecule has 0 aromatic carbocycles. The molecule has 6 heteroatoms. The zero-order valence-electron chi connectivity index (χ0n) is 7.07. The summed E-state index contributed by atoms with van der Waals surface area (Å²) in [5, 5.41) is 14.3. The second kappa shape index (κ2) is 2.80. The van der Waals surface area contributed by atoms with Crippen molar-refractivity contribution >= 4 is 5.69 Å². The largest absolute Gasteiger partial charge is 0.475 e. The molecule has 0 aliphatic carbocycles. The second-order valence-electron chi connectivity index (χ2n) is 2.32. The minimum Gasteiger partial charge on any atom is -0.475 e. The van der Waals surface area contributed by atoms with Crippen LogP contribution in [0, 0.1) is 17.0 Å². The summed E-state index contributed by atoms with van der Waals surface area (Å²) in [5.74, 6) is 0.0556. The maximum Gasteiger partial charge on any atom is 0.352 e. The van der Waals surface area contributed by atoms with Gasteiger partial charge in [0.2, 0.25) is 0 Å². The number of methoxy groups -OCH3 is 1. The van der Waals surface area contributed by atoms with E-state index >= 15 is 0 Å². The van der Waals surface area contributed by atoms with E-state index in [1.807, 2.05) is 0 Å². The van der Waals surface area contributed by atoms with Crippen molar-refractivity contribution in [1.82, 2.24) is 9.78 Å².